The zero-order chi connectivity index (χ0) is 12.3. The van der Waals surface area contributed by atoms with E-state index < -0.39 is 11.5 Å². The van der Waals surface area contributed by atoms with Crippen LogP contribution in [0.5, 0.6) is 0 Å². The van der Waals surface area contributed by atoms with Gasteiger partial charge in [-0.2, -0.15) is 0 Å². The molecule has 1 fully saturated rings. The topological polar surface area (TPSA) is 66.8 Å². The van der Waals surface area contributed by atoms with E-state index in [1.165, 1.54) is 12.0 Å². The predicted octanol–water partition coefficient (Wildman–Crippen LogP) is 0.735. The highest BCUT2D eigenvalue weighted by Crippen LogP contribution is 2.30. The molecule has 1 aliphatic heterocycles. The van der Waals surface area contributed by atoms with Gasteiger partial charge < -0.3 is 14.7 Å². The van der Waals surface area contributed by atoms with Crippen molar-refractivity contribution in [3.63, 3.8) is 0 Å². The van der Waals surface area contributed by atoms with E-state index in [1.54, 1.807) is 13.8 Å². The summed E-state index contributed by atoms with van der Waals surface area (Å²) in [4.78, 5) is 24.7. The van der Waals surface area contributed by atoms with Crippen molar-refractivity contribution in [2.45, 2.75) is 32.2 Å². The summed E-state index contributed by atoms with van der Waals surface area (Å²) in [5.74, 6) is -1.35. The Bertz CT molecular complexity index is 292. The zero-order valence-corrected chi connectivity index (χ0v) is 10.0. The average molecular weight is 229 g/mol. The van der Waals surface area contributed by atoms with Gasteiger partial charge in [-0.15, -0.1) is 0 Å². The quantitative estimate of drug-likeness (QED) is 0.772. The molecular weight excluding hydrogens is 210 g/mol. The Morgan fingerprint density at radius 3 is 2.69 bits per heavy atom. The molecule has 0 spiro atoms. The number of carboxylic acid groups (broad SMARTS) is 1. The maximum atomic E-state index is 12.0. The molecule has 1 saturated heterocycles. The lowest BCUT2D eigenvalue weighted by Gasteiger charge is -2.33. The first-order chi connectivity index (χ1) is 7.43. The van der Waals surface area contributed by atoms with Gasteiger partial charge in [0, 0.05) is 13.7 Å². The van der Waals surface area contributed by atoms with Gasteiger partial charge in [0.1, 0.15) is 5.54 Å². The number of rotatable bonds is 4. The van der Waals surface area contributed by atoms with E-state index in [0.717, 1.165) is 6.42 Å². The summed E-state index contributed by atoms with van der Waals surface area (Å²) >= 11 is 0. The molecule has 0 bridgehead atoms. The summed E-state index contributed by atoms with van der Waals surface area (Å²) in [5.41, 5.74) is -1.04. The van der Waals surface area contributed by atoms with Gasteiger partial charge in [-0.05, 0) is 19.8 Å². The Hall–Kier alpha value is -1.10. The number of amides is 1. The fourth-order valence-corrected chi connectivity index (χ4v) is 2.13. The number of hydrogen-bond acceptors (Lipinski definition) is 3. The number of aliphatic carboxylic acids is 1. The molecule has 16 heavy (non-hydrogen) atoms. The summed E-state index contributed by atoms with van der Waals surface area (Å²) in [6, 6.07) is 0. The SMILES string of the molecule is COCC(C)C(=O)N1CCCC1(C)C(=O)O. The van der Waals surface area contributed by atoms with Crippen LogP contribution in [0.15, 0.2) is 0 Å². The van der Waals surface area contributed by atoms with E-state index in [9.17, 15) is 14.7 Å². The number of hydrogen-bond donors (Lipinski definition) is 1. The van der Waals surface area contributed by atoms with Gasteiger partial charge in [0.05, 0.1) is 12.5 Å². The minimum absolute atomic E-state index is 0.135. The number of likely N-dealkylation sites (tertiary alicyclic amines) is 1. The highest BCUT2D eigenvalue weighted by Gasteiger charge is 2.46. The molecule has 1 heterocycles. The lowest BCUT2D eigenvalue weighted by atomic mass is 9.98. The van der Waals surface area contributed by atoms with E-state index in [1.807, 2.05) is 0 Å². The Labute approximate surface area is 95.4 Å². The Balaban J connectivity index is 2.79. The Morgan fingerprint density at radius 1 is 1.56 bits per heavy atom. The van der Waals surface area contributed by atoms with E-state index >= 15 is 0 Å². The summed E-state index contributed by atoms with van der Waals surface area (Å²) in [6.07, 6.45) is 1.27. The molecule has 2 unspecified atom stereocenters. The van der Waals surface area contributed by atoms with Crippen molar-refractivity contribution < 1.29 is 19.4 Å². The van der Waals surface area contributed by atoms with Crippen molar-refractivity contribution in [1.29, 1.82) is 0 Å². The first-order valence-corrected chi connectivity index (χ1v) is 5.47. The molecule has 5 heteroatoms. The Kier molecular flexibility index (Phi) is 3.91. The number of carbonyl (C=O) groups excluding carboxylic acids is 1. The molecule has 0 radical (unpaired) electrons. The molecule has 1 aliphatic rings. The number of methoxy groups -OCH3 is 1. The molecule has 0 aromatic rings. The molecule has 0 saturated carbocycles. The summed E-state index contributed by atoms with van der Waals surface area (Å²) in [6.45, 7) is 4.22. The van der Waals surface area contributed by atoms with Crippen LogP contribution in [0.2, 0.25) is 0 Å². The minimum Gasteiger partial charge on any atom is -0.480 e. The van der Waals surface area contributed by atoms with Gasteiger partial charge in [-0.25, -0.2) is 4.79 Å². The highest BCUT2D eigenvalue weighted by molar-refractivity contribution is 5.88. The Morgan fingerprint density at radius 2 is 2.19 bits per heavy atom. The molecule has 2 atom stereocenters. The van der Waals surface area contributed by atoms with Gasteiger partial charge in [0.15, 0.2) is 0 Å². The van der Waals surface area contributed by atoms with Crippen LogP contribution >= 0.6 is 0 Å². The second kappa shape index (κ2) is 4.82. The van der Waals surface area contributed by atoms with Crippen LogP contribution in [-0.2, 0) is 14.3 Å². The first-order valence-electron chi connectivity index (χ1n) is 5.47. The van der Waals surface area contributed by atoms with E-state index in [0.29, 0.717) is 19.6 Å². The lowest BCUT2D eigenvalue weighted by molar-refractivity contribution is -0.157. The van der Waals surface area contributed by atoms with Crippen LogP contribution in [-0.4, -0.2) is 47.7 Å². The minimum atomic E-state index is -1.04. The molecule has 1 amide bonds. The highest BCUT2D eigenvalue weighted by atomic mass is 16.5. The van der Waals surface area contributed by atoms with Gasteiger partial charge in [0.2, 0.25) is 5.91 Å². The fraction of sp³-hybridized carbons (Fsp3) is 0.818. The first kappa shape index (κ1) is 13.0. The van der Waals surface area contributed by atoms with Crippen LogP contribution in [0, 0.1) is 5.92 Å². The van der Waals surface area contributed by atoms with Crippen molar-refractivity contribution in [2.24, 2.45) is 5.92 Å². The van der Waals surface area contributed by atoms with Crippen LogP contribution in [0.25, 0.3) is 0 Å². The molecule has 5 nitrogen and oxygen atoms in total. The number of nitrogens with zero attached hydrogens (tertiary/aromatic N) is 1. The van der Waals surface area contributed by atoms with Gasteiger partial charge in [-0.3, -0.25) is 4.79 Å². The number of ether oxygens (including phenoxy) is 1. The summed E-state index contributed by atoms with van der Waals surface area (Å²) in [5, 5.41) is 9.18. The second-order valence-corrected chi connectivity index (χ2v) is 4.53. The smallest absolute Gasteiger partial charge is 0.329 e. The van der Waals surface area contributed by atoms with Gasteiger partial charge in [-0.1, -0.05) is 6.92 Å². The van der Waals surface area contributed by atoms with Crippen molar-refractivity contribution >= 4 is 11.9 Å². The molecule has 0 aliphatic carbocycles. The summed E-state index contributed by atoms with van der Waals surface area (Å²) in [7, 11) is 1.53. The molecule has 1 N–H and O–H groups in total. The monoisotopic (exact) mass is 229 g/mol. The van der Waals surface area contributed by atoms with E-state index in [2.05, 4.69) is 0 Å². The van der Waals surface area contributed by atoms with E-state index in [-0.39, 0.29) is 11.8 Å². The molecular formula is C11H19NO4. The number of carbonyl (C=O) groups is 2. The maximum absolute atomic E-state index is 12.0. The molecule has 0 aromatic heterocycles. The van der Waals surface area contributed by atoms with Crippen LogP contribution in [0.3, 0.4) is 0 Å². The predicted molar refractivity (Wildman–Crippen MR) is 58.0 cm³/mol. The lowest BCUT2D eigenvalue weighted by Crippen LogP contribution is -2.52. The van der Waals surface area contributed by atoms with Gasteiger partial charge in [0.25, 0.3) is 0 Å². The number of carboxylic acids is 1. The van der Waals surface area contributed by atoms with Crippen molar-refractivity contribution in [2.75, 3.05) is 20.3 Å². The van der Waals surface area contributed by atoms with Gasteiger partial charge >= 0.3 is 5.97 Å². The third-order valence-electron chi connectivity index (χ3n) is 3.21. The van der Waals surface area contributed by atoms with Crippen molar-refractivity contribution in [1.82, 2.24) is 4.90 Å². The van der Waals surface area contributed by atoms with Crippen LogP contribution in [0.1, 0.15) is 26.7 Å². The summed E-state index contributed by atoms with van der Waals surface area (Å²) < 4.78 is 4.92. The fourth-order valence-electron chi connectivity index (χ4n) is 2.13. The maximum Gasteiger partial charge on any atom is 0.329 e. The van der Waals surface area contributed by atoms with Crippen molar-refractivity contribution in [3.05, 3.63) is 0 Å². The standard InChI is InChI=1S/C11H19NO4/c1-8(7-16-3)9(13)12-6-4-5-11(12,2)10(14)15/h8H,4-7H2,1-3H3,(H,14,15). The van der Waals surface area contributed by atoms with Crippen molar-refractivity contribution in [3.8, 4) is 0 Å². The molecule has 92 valence electrons. The molecule has 1 rings (SSSR count). The third kappa shape index (κ3) is 2.19. The van der Waals surface area contributed by atoms with Crippen LogP contribution in [0.4, 0.5) is 0 Å². The van der Waals surface area contributed by atoms with E-state index in [4.69, 9.17) is 4.74 Å². The molecule has 0 aromatic carbocycles. The largest absolute Gasteiger partial charge is 0.480 e. The average Bonchev–Trinajstić information content (AvgIpc) is 2.61. The van der Waals surface area contributed by atoms with Crippen LogP contribution < -0.4 is 0 Å². The normalized spacial score (nSPS) is 26.8. The third-order valence-corrected chi connectivity index (χ3v) is 3.21. The second-order valence-electron chi connectivity index (χ2n) is 4.53. The zero-order valence-electron chi connectivity index (χ0n) is 10.0.